The van der Waals surface area contributed by atoms with Crippen LogP contribution in [-0.2, 0) is 6.42 Å². The minimum Gasteiger partial charge on any atom is -0.489 e. The largest absolute Gasteiger partial charge is 0.489 e. The summed E-state index contributed by atoms with van der Waals surface area (Å²) in [5.41, 5.74) is 0.426. The second kappa shape index (κ2) is 9.92. The van der Waals surface area contributed by atoms with Gasteiger partial charge in [0.05, 0.1) is 17.2 Å². The normalized spacial score (nSPS) is 10.8. The van der Waals surface area contributed by atoms with Crippen LogP contribution in [-0.4, -0.2) is 45.9 Å². The van der Waals surface area contributed by atoms with Gasteiger partial charge in [-0.15, -0.1) is 11.3 Å². The molecule has 0 atom stereocenters. The molecule has 2 aromatic heterocycles. The highest BCUT2D eigenvalue weighted by molar-refractivity contribution is 9.10. The maximum atomic E-state index is 13.9. The lowest BCUT2D eigenvalue weighted by molar-refractivity contribution is 0.0696. The summed E-state index contributed by atoms with van der Waals surface area (Å²) >= 11 is 4.02. The third-order valence-electron chi connectivity index (χ3n) is 3.95. The standard InChI is InChI=1S/C19H16BrF2N3O4S/c20-10-5-12(21)11(13(22)6-10)1-2-23-17-7-14(24-9-25-17)16-8-15(29-4-3-26)18(30-16)19(27)28/h5-9,26H,1-4H2,(H,27,28)(H,23,24,25). The van der Waals surface area contributed by atoms with Crippen molar-refractivity contribution in [2.75, 3.05) is 25.1 Å². The molecule has 0 saturated carbocycles. The van der Waals surface area contributed by atoms with Gasteiger partial charge in [-0.2, -0.15) is 0 Å². The van der Waals surface area contributed by atoms with Crippen molar-refractivity contribution in [3.63, 3.8) is 0 Å². The molecule has 158 valence electrons. The van der Waals surface area contributed by atoms with Gasteiger partial charge in [-0.05, 0) is 18.6 Å². The fourth-order valence-corrected chi connectivity index (χ4v) is 3.94. The van der Waals surface area contributed by atoms with Crippen LogP contribution in [0.25, 0.3) is 10.6 Å². The number of aliphatic hydroxyl groups excluding tert-OH is 1. The van der Waals surface area contributed by atoms with Gasteiger partial charge in [0.1, 0.15) is 36.1 Å². The first kappa shape index (κ1) is 22.1. The molecule has 0 bridgehead atoms. The molecule has 3 N–H and O–H groups in total. The zero-order chi connectivity index (χ0) is 21.7. The number of nitrogens with one attached hydrogen (secondary N) is 1. The van der Waals surface area contributed by atoms with Crippen LogP contribution in [0, 0.1) is 11.6 Å². The van der Waals surface area contributed by atoms with Crippen molar-refractivity contribution in [1.29, 1.82) is 0 Å². The SMILES string of the molecule is O=C(O)c1sc(-c2cc(NCCc3c(F)cc(Br)cc3F)ncn2)cc1OCCO. The number of aromatic nitrogens is 2. The van der Waals surface area contributed by atoms with E-state index in [0.717, 1.165) is 11.3 Å². The number of benzene rings is 1. The quantitative estimate of drug-likeness (QED) is 0.409. The van der Waals surface area contributed by atoms with Gasteiger partial charge < -0.3 is 20.3 Å². The van der Waals surface area contributed by atoms with E-state index in [4.69, 9.17) is 9.84 Å². The third-order valence-corrected chi connectivity index (χ3v) is 5.53. The van der Waals surface area contributed by atoms with E-state index in [1.54, 1.807) is 6.07 Å². The Balaban J connectivity index is 1.73. The van der Waals surface area contributed by atoms with Gasteiger partial charge in [0, 0.05) is 28.7 Å². The summed E-state index contributed by atoms with van der Waals surface area (Å²) in [5.74, 6) is -1.86. The van der Waals surface area contributed by atoms with Gasteiger partial charge in [-0.1, -0.05) is 15.9 Å². The second-order valence-electron chi connectivity index (χ2n) is 5.99. The van der Waals surface area contributed by atoms with Gasteiger partial charge >= 0.3 is 5.97 Å². The Bertz CT molecular complexity index is 1040. The second-order valence-corrected chi connectivity index (χ2v) is 7.96. The van der Waals surface area contributed by atoms with Crippen LogP contribution >= 0.6 is 27.3 Å². The van der Waals surface area contributed by atoms with E-state index >= 15 is 0 Å². The smallest absolute Gasteiger partial charge is 0.349 e. The Morgan fingerprint density at radius 2 is 1.93 bits per heavy atom. The number of carbonyl (C=O) groups is 1. The number of thiophene rings is 1. The Morgan fingerprint density at radius 3 is 2.60 bits per heavy atom. The molecule has 0 saturated heterocycles. The van der Waals surface area contributed by atoms with Gasteiger partial charge in [0.15, 0.2) is 4.88 Å². The Hall–Kier alpha value is -2.63. The molecule has 3 aromatic rings. The molecule has 0 unspecified atom stereocenters. The number of halogens is 3. The van der Waals surface area contributed by atoms with Gasteiger partial charge in [-0.25, -0.2) is 23.5 Å². The first-order valence-electron chi connectivity index (χ1n) is 8.69. The number of hydrogen-bond acceptors (Lipinski definition) is 7. The molecule has 0 aliphatic rings. The number of nitrogens with zero attached hydrogens (tertiary/aromatic N) is 2. The fraction of sp³-hybridized carbons (Fsp3) is 0.211. The van der Waals surface area contributed by atoms with Gasteiger partial charge in [0.2, 0.25) is 0 Å². The van der Waals surface area contributed by atoms with Crippen molar-refractivity contribution in [2.24, 2.45) is 0 Å². The molecule has 2 heterocycles. The average molecular weight is 500 g/mol. The molecule has 0 radical (unpaired) electrons. The summed E-state index contributed by atoms with van der Waals surface area (Å²) in [4.78, 5) is 20.2. The average Bonchev–Trinajstić information content (AvgIpc) is 3.13. The molecule has 30 heavy (non-hydrogen) atoms. The van der Waals surface area contributed by atoms with Crippen molar-refractivity contribution < 1.29 is 28.5 Å². The monoisotopic (exact) mass is 499 g/mol. The lowest BCUT2D eigenvalue weighted by atomic mass is 10.1. The number of aromatic carboxylic acids is 1. The third kappa shape index (κ3) is 5.29. The van der Waals surface area contributed by atoms with Crippen molar-refractivity contribution in [3.05, 3.63) is 57.1 Å². The van der Waals surface area contributed by atoms with Crippen LogP contribution in [0.1, 0.15) is 15.2 Å². The van der Waals surface area contributed by atoms with E-state index in [0.29, 0.717) is 20.9 Å². The summed E-state index contributed by atoms with van der Waals surface area (Å²) in [6, 6.07) is 5.53. The van der Waals surface area contributed by atoms with E-state index in [1.165, 1.54) is 24.5 Å². The molecule has 7 nitrogen and oxygen atoms in total. The van der Waals surface area contributed by atoms with E-state index < -0.39 is 17.6 Å². The fourth-order valence-electron chi connectivity index (χ4n) is 2.63. The molecular weight excluding hydrogens is 484 g/mol. The predicted octanol–water partition coefficient (Wildman–Crippen LogP) is 3.97. The summed E-state index contributed by atoms with van der Waals surface area (Å²) in [7, 11) is 0. The molecule has 0 aliphatic carbocycles. The highest BCUT2D eigenvalue weighted by atomic mass is 79.9. The van der Waals surface area contributed by atoms with E-state index in [-0.39, 0.29) is 42.4 Å². The van der Waals surface area contributed by atoms with Crippen molar-refractivity contribution >= 4 is 39.1 Å². The van der Waals surface area contributed by atoms with Gasteiger partial charge in [-0.3, -0.25) is 0 Å². The predicted molar refractivity (Wildman–Crippen MR) is 111 cm³/mol. The van der Waals surface area contributed by atoms with Crippen molar-refractivity contribution in [2.45, 2.75) is 6.42 Å². The Kier molecular flexibility index (Phi) is 7.29. The summed E-state index contributed by atoms with van der Waals surface area (Å²) in [6.45, 7) is -0.0524. The minimum atomic E-state index is -1.15. The zero-order valence-electron chi connectivity index (χ0n) is 15.4. The topological polar surface area (TPSA) is 105 Å². The molecule has 1 aromatic carbocycles. The summed E-state index contributed by atoms with van der Waals surface area (Å²) in [6.07, 6.45) is 1.40. The maximum absolute atomic E-state index is 13.9. The number of aliphatic hydroxyl groups is 1. The zero-order valence-corrected chi connectivity index (χ0v) is 17.8. The van der Waals surface area contributed by atoms with Gasteiger partial charge in [0.25, 0.3) is 0 Å². The summed E-state index contributed by atoms with van der Waals surface area (Å²) in [5, 5.41) is 21.2. The maximum Gasteiger partial charge on any atom is 0.349 e. The van der Waals surface area contributed by atoms with E-state index in [9.17, 15) is 18.7 Å². The van der Waals surface area contributed by atoms with Crippen LogP contribution in [0.5, 0.6) is 5.75 Å². The number of carboxylic acid groups (broad SMARTS) is 1. The first-order chi connectivity index (χ1) is 14.4. The van der Waals surface area contributed by atoms with Crippen LogP contribution in [0.4, 0.5) is 14.6 Å². The molecule has 0 spiro atoms. The van der Waals surface area contributed by atoms with Crippen LogP contribution in [0.3, 0.4) is 0 Å². The molecule has 0 amide bonds. The number of anilines is 1. The first-order valence-corrected chi connectivity index (χ1v) is 10.3. The van der Waals surface area contributed by atoms with Crippen molar-refractivity contribution in [1.82, 2.24) is 9.97 Å². The van der Waals surface area contributed by atoms with Crippen LogP contribution in [0.2, 0.25) is 0 Å². The number of carboxylic acids is 1. The molecule has 3 rings (SSSR count). The minimum absolute atomic E-state index is 0.00670. The Morgan fingerprint density at radius 1 is 1.20 bits per heavy atom. The highest BCUT2D eigenvalue weighted by Gasteiger charge is 2.19. The van der Waals surface area contributed by atoms with E-state index in [2.05, 4.69) is 31.2 Å². The van der Waals surface area contributed by atoms with Crippen LogP contribution in [0.15, 0.2) is 35.1 Å². The molecular formula is C19H16BrF2N3O4S. The van der Waals surface area contributed by atoms with E-state index in [1.807, 2.05) is 0 Å². The molecule has 11 heteroatoms. The number of ether oxygens (including phenoxy) is 1. The number of rotatable bonds is 9. The summed E-state index contributed by atoms with van der Waals surface area (Å²) < 4.78 is 33.4. The lowest BCUT2D eigenvalue weighted by Gasteiger charge is -2.08. The lowest BCUT2D eigenvalue weighted by Crippen LogP contribution is -2.09. The Labute approximate surface area is 182 Å². The van der Waals surface area contributed by atoms with Crippen molar-refractivity contribution in [3.8, 4) is 16.3 Å². The number of hydrogen-bond donors (Lipinski definition) is 3. The van der Waals surface area contributed by atoms with Crippen LogP contribution < -0.4 is 10.1 Å². The highest BCUT2D eigenvalue weighted by Crippen LogP contribution is 2.36. The molecule has 0 fully saturated rings. The molecule has 0 aliphatic heterocycles.